The van der Waals surface area contributed by atoms with E-state index in [1.807, 2.05) is 0 Å². The van der Waals surface area contributed by atoms with Gasteiger partial charge in [-0.25, -0.2) is 0 Å². The molecule has 0 saturated heterocycles. The monoisotopic (exact) mass is 888 g/mol. The summed E-state index contributed by atoms with van der Waals surface area (Å²) < 4.78 is 2.52. The molecule has 1 unspecified atom stereocenters. The van der Waals surface area contributed by atoms with Crippen LogP contribution < -0.4 is 4.90 Å². The maximum absolute atomic E-state index is 2.56. The van der Waals surface area contributed by atoms with E-state index in [4.69, 9.17) is 0 Å². The van der Waals surface area contributed by atoms with Crippen LogP contribution in [0.5, 0.6) is 0 Å². The van der Waals surface area contributed by atoms with Crippen molar-refractivity contribution >= 4 is 38.9 Å². The standard InChI is InChI=1S/C68H44N2/c1-4-22-45(23-5-1)49-28-12-17-38-61(49)69(64-41-21-36-59-65(64)53-31-11-15-34-56(53)67(59,46-24-6-2-7-25-46)47-26-8-3-9-27-47)48-42-43-57-54(44-48)50-29-10-14-33-55(50)68(57)58-35-16-19-40-63(58)70-62-39-18-13-30-51(62)52-32-20-37-60(68)66(52)70/h1-44H. The van der Waals surface area contributed by atoms with E-state index in [2.05, 4.69) is 276 Å². The summed E-state index contributed by atoms with van der Waals surface area (Å²) in [6, 6.07) is 99.8. The Bertz CT molecular complexity index is 4030. The summed E-state index contributed by atoms with van der Waals surface area (Å²) in [5, 5.41) is 2.56. The summed E-state index contributed by atoms with van der Waals surface area (Å²) >= 11 is 0. The third-order valence-corrected chi connectivity index (χ3v) is 15.9. The van der Waals surface area contributed by atoms with Crippen molar-refractivity contribution in [1.82, 2.24) is 4.57 Å². The average molecular weight is 889 g/mol. The quantitative estimate of drug-likeness (QED) is 0.161. The van der Waals surface area contributed by atoms with E-state index in [9.17, 15) is 0 Å². The van der Waals surface area contributed by atoms with Crippen molar-refractivity contribution in [3.8, 4) is 39.1 Å². The molecule has 2 heterocycles. The molecule has 12 aromatic rings. The van der Waals surface area contributed by atoms with E-state index < -0.39 is 10.8 Å². The normalized spacial score (nSPS) is 15.3. The summed E-state index contributed by atoms with van der Waals surface area (Å²) in [6.07, 6.45) is 0. The van der Waals surface area contributed by atoms with Gasteiger partial charge in [0.25, 0.3) is 0 Å². The van der Waals surface area contributed by atoms with Gasteiger partial charge in [-0.1, -0.05) is 231 Å². The average Bonchev–Trinajstić information content (AvgIpc) is 4.05. The van der Waals surface area contributed by atoms with Crippen molar-refractivity contribution in [3.05, 3.63) is 311 Å². The van der Waals surface area contributed by atoms with Gasteiger partial charge in [-0.05, 0) is 103 Å². The number of aromatic nitrogens is 1. The lowest BCUT2D eigenvalue weighted by Crippen LogP contribution is -2.33. The predicted octanol–water partition coefficient (Wildman–Crippen LogP) is 17.0. The zero-order valence-electron chi connectivity index (χ0n) is 38.3. The molecular weight excluding hydrogens is 845 g/mol. The number of hydrogen-bond donors (Lipinski definition) is 0. The number of hydrogen-bond acceptors (Lipinski definition) is 1. The van der Waals surface area contributed by atoms with E-state index in [1.54, 1.807) is 0 Å². The molecule has 15 rings (SSSR count). The Morgan fingerprint density at radius 2 is 0.843 bits per heavy atom. The summed E-state index contributed by atoms with van der Waals surface area (Å²) in [5.74, 6) is 0. The molecule has 1 aromatic heterocycles. The Hall–Kier alpha value is -8.98. The van der Waals surface area contributed by atoms with Crippen LogP contribution in [0.4, 0.5) is 17.1 Å². The summed E-state index contributed by atoms with van der Waals surface area (Å²) in [7, 11) is 0. The van der Waals surface area contributed by atoms with Gasteiger partial charge >= 0.3 is 0 Å². The molecule has 3 aliphatic rings. The van der Waals surface area contributed by atoms with E-state index in [1.165, 1.54) is 105 Å². The number of rotatable bonds is 6. The minimum Gasteiger partial charge on any atom is -0.309 e. The fourth-order valence-corrected chi connectivity index (χ4v) is 13.3. The van der Waals surface area contributed by atoms with Crippen LogP contribution in [0.25, 0.3) is 60.9 Å². The first-order chi connectivity index (χ1) is 34.8. The minimum atomic E-state index is -0.546. The van der Waals surface area contributed by atoms with Crippen LogP contribution >= 0.6 is 0 Å². The summed E-state index contributed by atoms with van der Waals surface area (Å²) in [6.45, 7) is 0. The Morgan fingerprint density at radius 1 is 0.314 bits per heavy atom. The third-order valence-electron chi connectivity index (χ3n) is 15.9. The smallest absolute Gasteiger partial charge is 0.0754 e. The zero-order valence-corrected chi connectivity index (χ0v) is 38.3. The number of benzene rings is 11. The number of para-hydroxylation sites is 4. The van der Waals surface area contributed by atoms with Gasteiger partial charge in [0.1, 0.15) is 0 Å². The fourth-order valence-electron chi connectivity index (χ4n) is 13.3. The lowest BCUT2D eigenvalue weighted by molar-refractivity contribution is 0.748. The molecule has 0 bridgehead atoms. The van der Waals surface area contributed by atoms with Crippen LogP contribution in [-0.2, 0) is 10.8 Å². The van der Waals surface area contributed by atoms with Gasteiger partial charge in [0.05, 0.1) is 38.9 Å². The Labute approximate surface area is 407 Å². The second-order valence-corrected chi connectivity index (χ2v) is 19.0. The summed E-state index contributed by atoms with van der Waals surface area (Å²) in [5.41, 5.74) is 23.7. The molecular formula is C68H44N2. The van der Waals surface area contributed by atoms with Crippen molar-refractivity contribution in [3.63, 3.8) is 0 Å². The van der Waals surface area contributed by atoms with Crippen molar-refractivity contribution in [1.29, 1.82) is 0 Å². The molecule has 326 valence electrons. The van der Waals surface area contributed by atoms with Gasteiger partial charge in [-0.15, -0.1) is 0 Å². The zero-order chi connectivity index (χ0) is 46.0. The lowest BCUT2D eigenvalue weighted by Gasteiger charge is -2.39. The van der Waals surface area contributed by atoms with Crippen molar-refractivity contribution in [2.75, 3.05) is 4.90 Å². The first-order valence-electron chi connectivity index (χ1n) is 24.4. The van der Waals surface area contributed by atoms with E-state index >= 15 is 0 Å². The molecule has 70 heavy (non-hydrogen) atoms. The second-order valence-electron chi connectivity index (χ2n) is 19.0. The highest BCUT2D eigenvalue weighted by Gasteiger charge is 2.52. The van der Waals surface area contributed by atoms with Crippen LogP contribution in [0.2, 0.25) is 0 Å². The van der Waals surface area contributed by atoms with Crippen LogP contribution in [0.1, 0.15) is 44.5 Å². The number of fused-ring (bicyclic) bond motifs is 15. The van der Waals surface area contributed by atoms with Gasteiger partial charge in [-0.2, -0.15) is 0 Å². The maximum Gasteiger partial charge on any atom is 0.0754 e. The lowest BCUT2D eigenvalue weighted by atomic mass is 9.65. The fraction of sp³-hybridized carbons (Fsp3) is 0.0294. The van der Waals surface area contributed by atoms with Crippen molar-refractivity contribution < 1.29 is 0 Å². The Kier molecular flexibility index (Phi) is 8.24. The van der Waals surface area contributed by atoms with Crippen molar-refractivity contribution in [2.45, 2.75) is 10.8 Å². The van der Waals surface area contributed by atoms with Crippen LogP contribution in [-0.4, -0.2) is 4.57 Å². The van der Waals surface area contributed by atoms with Gasteiger partial charge in [0, 0.05) is 27.6 Å². The molecule has 1 aliphatic heterocycles. The third kappa shape index (κ3) is 5.02. The predicted molar refractivity (Wildman–Crippen MR) is 289 cm³/mol. The Morgan fingerprint density at radius 3 is 1.61 bits per heavy atom. The van der Waals surface area contributed by atoms with Crippen LogP contribution in [0.3, 0.4) is 0 Å². The first-order valence-corrected chi connectivity index (χ1v) is 24.4. The topological polar surface area (TPSA) is 8.17 Å². The largest absolute Gasteiger partial charge is 0.309 e. The minimum absolute atomic E-state index is 0.545. The van der Waals surface area contributed by atoms with Gasteiger partial charge in [-0.3, -0.25) is 0 Å². The van der Waals surface area contributed by atoms with Crippen molar-refractivity contribution in [2.24, 2.45) is 0 Å². The first kappa shape index (κ1) is 39.1. The molecule has 0 N–H and O–H groups in total. The highest BCUT2D eigenvalue weighted by molar-refractivity contribution is 6.13. The van der Waals surface area contributed by atoms with E-state index in [0.717, 1.165) is 17.1 Å². The molecule has 0 amide bonds. The van der Waals surface area contributed by atoms with E-state index in [0.29, 0.717) is 0 Å². The number of anilines is 3. The summed E-state index contributed by atoms with van der Waals surface area (Å²) in [4.78, 5) is 2.56. The van der Waals surface area contributed by atoms with Crippen LogP contribution in [0, 0.1) is 0 Å². The molecule has 2 aliphatic carbocycles. The molecule has 1 spiro atoms. The molecule has 0 fully saturated rings. The van der Waals surface area contributed by atoms with Gasteiger partial charge in [0.2, 0.25) is 0 Å². The number of nitrogens with zero attached hydrogens (tertiary/aromatic N) is 2. The molecule has 0 saturated carbocycles. The SMILES string of the molecule is c1ccc(-c2ccccc2N(c2ccc3c(c2)-c2ccccc2C32c3ccccc3-n3c4ccccc4c4cccc2c43)c2cccc3c2-c2ccccc2C3(c2ccccc2)c2ccccc2)cc1. The maximum atomic E-state index is 2.56. The molecule has 0 radical (unpaired) electrons. The second kappa shape index (κ2) is 14.8. The molecule has 1 atom stereocenters. The Balaban J connectivity index is 1.04. The van der Waals surface area contributed by atoms with E-state index in [-0.39, 0.29) is 0 Å². The molecule has 2 nitrogen and oxygen atoms in total. The highest BCUT2D eigenvalue weighted by atomic mass is 15.1. The van der Waals surface area contributed by atoms with Crippen LogP contribution in [0.15, 0.2) is 267 Å². The van der Waals surface area contributed by atoms with Gasteiger partial charge < -0.3 is 9.47 Å². The molecule has 11 aromatic carbocycles. The molecule has 2 heteroatoms. The van der Waals surface area contributed by atoms with Gasteiger partial charge in [0.15, 0.2) is 0 Å². The highest BCUT2D eigenvalue weighted by Crippen LogP contribution is 2.63.